The molecule has 152 valence electrons. The maximum absolute atomic E-state index is 11.7. The first-order chi connectivity index (χ1) is 12.7. The molecule has 0 aromatic heterocycles. The molecule has 3 aliphatic rings. The number of esters is 1. The second-order valence-corrected chi connectivity index (χ2v) is 9.02. The smallest absolute Gasteiger partial charge is 0.303 e. The van der Waals surface area contributed by atoms with E-state index in [0.717, 1.165) is 12.8 Å². The van der Waals surface area contributed by atoms with Crippen LogP contribution in [0.1, 0.15) is 53.9 Å². The standard InChI is InChI=1S/C22H34O5/c1-12-6-9-18(26-15(4)24)22(5,25)21-20-16(14(3)11-23)8-7-13(2)19(20)17(10-12)27-21/h6-7,14,16-21,23,25H,8-11H2,1-5H3/b12-6+/t14?,16-,17-,18+,19-,20-,21-,22-/m1/s1. The molecular formula is C22H34O5. The van der Waals surface area contributed by atoms with E-state index in [1.165, 1.54) is 18.1 Å². The molecular weight excluding hydrogens is 344 g/mol. The summed E-state index contributed by atoms with van der Waals surface area (Å²) < 4.78 is 12.1. The van der Waals surface area contributed by atoms with Crippen molar-refractivity contribution in [3.8, 4) is 0 Å². The van der Waals surface area contributed by atoms with Crippen LogP contribution in [0.15, 0.2) is 23.3 Å². The molecule has 0 aromatic carbocycles. The highest BCUT2D eigenvalue weighted by molar-refractivity contribution is 5.66. The summed E-state index contributed by atoms with van der Waals surface area (Å²) in [5.41, 5.74) is 1.21. The quantitative estimate of drug-likeness (QED) is 0.583. The molecule has 27 heavy (non-hydrogen) atoms. The average molecular weight is 379 g/mol. The van der Waals surface area contributed by atoms with E-state index in [0.29, 0.717) is 6.42 Å². The van der Waals surface area contributed by atoms with Crippen molar-refractivity contribution in [3.05, 3.63) is 23.3 Å². The second-order valence-electron chi connectivity index (χ2n) is 9.02. The van der Waals surface area contributed by atoms with E-state index < -0.39 is 23.8 Å². The molecule has 2 heterocycles. The van der Waals surface area contributed by atoms with Crippen LogP contribution in [-0.2, 0) is 14.3 Å². The zero-order valence-corrected chi connectivity index (χ0v) is 17.1. The minimum absolute atomic E-state index is 0.00347. The molecule has 8 atom stereocenters. The van der Waals surface area contributed by atoms with E-state index in [4.69, 9.17) is 9.47 Å². The number of aliphatic hydroxyl groups is 2. The summed E-state index contributed by atoms with van der Waals surface area (Å²) in [5.74, 6) is 0.271. The molecule has 1 aliphatic carbocycles. The van der Waals surface area contributed by atoms with Gasteiger partial charge in [-0.15, -0.1) is 0 Å². The van der Waals surface area contributed by atoms with Crippen LogP contribution in [0.3, 0.4) is 0 Å². The molecule has 3 rings (SSSR count). The average Bonchev–Trinajstić information content (AvgIpc) is 2.99. The number of allylic oxidation sites excluding steroid dienone is 1. The Hall–Kier alpha value is -1.17. The molecule has 0 spiro atoms. The van der Waals surface area contributed by atoms with Gasteiger partial charge in [-0.3, -0.25) is 4.79 Å². The van der Waals surface area contributed by atoms with Crippen molar-refractivity contribution in [1.29, 1.82) is 0 Å². The van der Waals surface area contributed by atoms with Gasteiger partial charge in [0.1, 0.15) is 11.7 Å². The summed E-state index contributed by atoms with van der Waals surface area (Å²) in [5, 5.41) is 21.4. The molecule has 0 aromatic rings. The van der Waals surface area contributed by atoms with Crippen molar-refractivity contribution in [2.45, 2.75) is 77.8 Å². The Bertz CT molecular complexity index is 635. The van der Waals surface area contributed by atoms with Crippen LogP contribution in [0.25, 0.3) is 0 Å². The summed E-state index contributed by atoms with van der Waals surface area (Å²) >= 11 is 0. The Labute approximate surface area is 162 Å². The summed E-state index contributed by atoms with van der Waals surface area (Å²) in [7, 11) is 0. The normalized spacial score (nSPS) is 44.7. The highest BCUT2D eigenvalue weighted by atomic mass is 16.6. The van der Waals surface area contributed by atoms with E-state index >= 15 is 0 Å². The molecule has 1 unspecified atom stereocenters. The molecule has 2 N–H and O–H groups in total. The van der Waals surface area contributed by atoms with Gasteiger partial charge in [-0.2, -0.15) is 0 Å². The van der Waals surface area contributed by atoms with Gasteiger partial charge in [0, 0.05) is 31.8 Å². The number of carbonyl (C=O) groups excluding carboxylic acids is 1. The molecule has 1 fully saturated rings. The fourth-order valence-corrected chi connectivity index (χ4v) is 5.45. The van der Waals surface area contributed by atoms with Crippen LogP contribution >= 0.6 is 0 Å². The highest BCUT2D eigenvalue weighted by Gasteiger charge is 2.58. The Morgan fingerprint density at radius 1 is 1.37 bits per heavy atom. The van der Waals surface area contributed by atoms with Crippen LogP contribution in [0.5, 0.6) is 0 Å². The summed E-state index contributed by atoms with van der Waals surface area (Å²) in [6.45, 7) is 9.53. The summed E-state index contributed by atoms with van der Waals surface area (Å²) in [4.78, 5) is 11.7. The third-order valence-corrected chi connectivity index (χ3v) is 6.98. The molecule has 5 nitrogen and oxygen atoms in total. The summed E-state index contributed by atoms with van der Waals surface area (Å²) in [6.07, 6.45) is 5.44. The Morgan fingerprint density at radius 3 is 2.70 bits per heavy atom. The fourth-order valence-electron chi connectivity index (χ4n) is 5.45. The van der Waals surface area contributed by atoms with Crippen molar-refractivity contribution in [1.82, 2.24) is 0 Å². The van der Waals surface area contributed by atoms with Crippen LogP contribution in [0.2, 0.25) is 0 Å². The van der Waals surface area contributed by atoms with Gasteiger partial charge in [-0.05, 0) is 45.4 Å². The SMILES string of the molecule is CC(=O)O[C@H]1C/C=C(\C)C[C@H]2O[C@H]([C@H]3[C@@H]2C(C)=CC[C@@H]3C(C)CO)[C@]1(C)O. The first-order valence-electron chi connectivity index (χ1n) is 10.1. The molecule has 0 saturated carbocycles. The van der Waals surface area contributed by atoms with Crippen molar-refractivity contribution in [3.63, 3.8) is 0 Å². The van der Waals surface area contributed by atoms with Crippen molar-refractivity contribution in [2.75, 3.05) is 6.61 Å². The predicted octanol–water partition coefficient (Wildman–Crippen LogP) is 3.00. The third-order valence-electron chi connectivity index (χ3n) is 6.98. The minimum atomic E-state index is -1.30. The first kappa shape index (κ1) is 20.6. The molecule has 0 amide bonds. The monoisotopic (exact) mass is 378 g/mol. The first-order valence-corrected chi connectivity index (χ1v) is 10.1. The molecule has 2 bridgehead atoms. The topological polar surface area (TPSA) is 76.0 Å². The fraction of sp³-hybridized carbons (Fsp3) is 0.773. The number of rotatable bonds is 3. The lowest BCUT2D eigenvalue weighted by molar-refractivity contribution is -0.188. The molecule has 1 saturated heterocycles. The van der Waals surface area contributed by atoms with E-state index in [1.54, 1.807) is 6.92 Å². The maximum atomic E-state index is 11.7. The molecule has 0 radical (unpaired) electrons. The number of ether oxygens (including phenoxy) is 2. The molecule has 5 heteroatoms. The van der Waals surface area contributed by atoms with E-state index in [9.17, 15) is 15.0 Å². The van der Waals surface area contributed by atoms with Crippen LogP contribution in [0.4, 0.5) is 0 Å². The lowest BCUT2D eigenvalue weighted by Crippen LogP contribution is -2.55. The van der Waals surface area contributed by atoms with Gasteiger partial charge in [0.25, 0.3) is 0 Å². The Kier molecular flexibility index (Phi) is 5.85. The van der Waals surface area contributed by atoms with Crippen LogP contribution in [0, 0.1) is 23.7 Å². The van der Waals surface area contributed by atoms with Crippen LogP contribution < -0.4 is 0 Å². The van der Waals surface area contributed by atoms with Gasteiger partial charge in [0.15, 0.2) is 0 Å². The van der Waals surface area contributed by atoms with Crippen molar-refractivity contribution >= 4 is 5.97 Å². The number of hydrogen-bond donors (Lipinski definition) is 2. The van der Waals surface area contributed by atoms with Crippen molar-refractivity contribution in [2.24, 2.45) is 23.7 Å². The van der Waals surface area contributed by atoms with Gasteiger partial charge in [-0.25, -0.2) is 0 Å². The maximum Gasteiger partial charge on any atom is 0.303 e. The third kappa shape index (κ3) is 3.74. The second kappa shape index (κ2) is 7.69. The lowest BCUT2D eigenvalue weighted by atomic mass is 9.62. The number of hydrogen-bond acceptors (Lipinski definition) is 5. The predicted molar refractivity (Wildman–Crippen MR) is 103 cm³/mol. The Balaban J connectivity index is 2.06. The number of fused-ring (bicyclic) bond motifs is 5. The van der Waals surface area contributed by atoms with Gasteiger partial charge < -0.3 is 19.7 Å². The zero-order valence-electron chi connectivity index (χ0n) is 17.1. The zero-order chi connectivity index (χ0) is 19.9. The van der Waals surface area contributed by atoms with Crippen molar-refractivity contribution < 1.29 is 24.5 Å². The van der Waals surface area contributed by atoms with Gasteiger partial charge in [0.2, 0.25) is 0 Å². The van der Waals surface area contributed by atoms with Gasteiger partial charge in [-0.1, -0.05) is 30.2 Å². The van der Waals surface area contributed by atoms with E-state index in [-0.39, 0.29) is 36.4 Å². The van der Waals surface area contributed by atoms with Gasteiger partial charge in [0.05, 0.1) is 12.2 Å². The number of carbonyl (C=O) groups is 1. The largest absolute Gasteiger partial charge is 0.459 e. The summed E-state index contributed by atoms with van der Waals surface area (Å²) in [6, 6.07) is 0. The van der Waals surface area contributed by atoms with Crippen LogP contribution in [-0.4, -0.2) is 46.7 Å². The number of aliphatic hydroxyl groups excluding tert-OH is 1. The molecule has 2 aliphatic heterocycles. The highest BCUT2D eigenvalue weighted by Crippen LogP contribution is 2.53. The minimum Gasteiger partial charge on any atom is -0.459 e. The Morgan fingerprint density at radius 2 is 2.07 bits per heavy atom. The lowest BCUT2D eigenvalue weighted by Gasteiger charge is -2.44. The van der Waals surface area contributed by atoms with E-state index in [2.05, 4.69) is 32.9 Å². The van der Waals surface area contributed by atoms with Gasteiger partial charge >= 0.3 is 5.97 Å². The van der Waals surface area contributed by atoms with E-state index in [1.807, 2.05) is 0 Å².